The summed E-state index contributed by atoms with van der Waals surface area (Å²) in [6.45, 7) is 5.15. The molecule has 1 fully saturated rings. The van der Waals surface area contributed by atoms with E-state index in [1.54, 1.807) is 13.8 Å². The van der Waals surface area contributed by atoms with E-state index in [9.17, 15) is 14.4 Å². The maximum Gasteiger partial charge on any atom is 0.385 e. The predicted molar refractivity (Wildman–Crippen MR) is 231 cm³/mol. The lowest BCUT2D eigenvalue weighted by molar-refractivity contribution is -0.168. The van der Waals surface area contributed by atoms with Gasteiger partial charge in [0.25, 0.3) is 0 Å². The number of aliphatic hydroxyl groups is 1. The van der Waals surface area contributed by atoms with Crippen molar-refractivity contribution in [2.45, 2.75) is 45.2 Å². The average molecular weight is 851 g/mol. The van der Waals surface area contributed by atoms with Gasteiger partial charge in [-0.05, 0) is 180 Å². The first-order chi connectivity index (χ1) is 31.4. The van der Waals surface area contributed by atoms with Crippen LogP contribution in [0.5, 0.6) is 0 Å². The van der Waals surface area contributed by atoms with Crippen molar-refractivity contribution in [1.82, 2.24) is 0 Å². The fraction of sp³-hybridized carbons (Fsp3) is 0.327. The number of hydrogen-bond acceptors (Lipinski definition) is 12. The Morgan fingerprint density at radius 1 is 0.516 bits per heavy atom. The van der Waals surface area contributed by atoms with E-state index < -0.39 is 48.9 Å². The van der Waals surface area contributed by atoms with Crippen LogP contribution in [-0.4, -0.2) is 113 Å². The van der Waals surface area contributed by atoms with Gasteiger partial charge in [0.2, 0.25) is 0 Å². The molecule has 0 aliphatic carbocycles. The van der Waals surface area contributed by atoms with Gasteiger partial charge < -0.3 is 43.0 Å². The number of esters is 3. The monoisotopic (exact) mass is 850 g/mol. The fourth-order valence-corrected chi connectivity index (χ4v) is 3.87. The second-order valence-electron chi connectivity index (χ2n) is 10.6. The van der Waals surface area contributed by atoms with Crippen molar-refractivity contribution < 1.29 is 57.4 Å². The molecule has 0 amide bonds. The standard InChI is InChI=1S/C52H34O12/c1-4-6-8-10-12-14-16-18-20-22-24-26-28-30-32-34-49(55)61-44-47(60-43-42-59-41-40-58-39-38-57-37-36-53)51-52(48(45-62-51)63-46(3)54)64-50(56)35-33-31-29-27-25-23-21-19-17-15-13-11-9-7-5-2/h47-48,51-53H,36-45H2,1-3H3. The zero-order valence-corrected chi connectivity index (χ0v) is 34.8. The van der Waals surface area contributed by atoms with Crippen molar-refractivity contribution in [2.75, 3.05) is 66.1 Å². The highest BCUT2D eigenvalue weighted by Crippen LogP contribution is 2.25. The van der Waals surface area contributed by atoms with Gasteiger partial charge in [-0.3, -0.25) is 4.79 Å². The highest BCUT2D eigenvalue weighted by molar-refractivity contribution is 5.89. The van der Waals surface area contributed by atoms with Crippen LogP contribution in [0.3, 0.4) is 0 Å². The van der Waals surface area contributed by atoms with Crippen LogP contribution in [0.15, 0.2) is 0 Å². The molecule has 4 atom stereocenters. The summed E-state index contributed by atoms with van der Waals surface area (Å²) in [5.41, 5.74) is 0. The molecule has 4 unspecified atom stereocenters. The molecule has 0 spiro atoms. The largest absolute Gasteiger partial charge is 0.456 e. The molecular formula is C52H34O12. The van der Waals surface area contributed by atoms with Crippen LogP contribution in [0.25, 0.3) is 0 Å². The number of ether oxygens (including phenoxy) is 8. The van der Waals surface area contributed by atoms with E-state index in [0.717, 1.165) is 0 Å². The van der Waals surface area contributed by atoms with E-state index in [0.29, 0.717) is 13.2 Å². The van der Waals surface area contributed by atoms with Crippen molar-refractivity contribution >= 4 is 17.9 Å². The van der Waals surface area contributed by atoms with Gasteiger partial charge >= 0.3 is 17.9 Å². The summed E-state index contributed by atoms with van der Waals surface area (Å²) < 4.78 is 44.0. The normalized spacial score (nSPS) is 12.6. The van der Waals surface area contributed by atoms with E-state index in [1.807, 2.05) is 0 Å². The van der Waals surface area contributed by atoms with Crippen LogP contribution in [-0.2, 0) is 52.3 Å². The first-order valence-electron chi connectivity index (χ1n) is 18.4. The quantitative estimate of drug-likeness (QED) is 0.0650. The van der Waals surface area contributed by atoms with Crippen LogP contribution >= 0.6 is 0 Å². The maximum absolute atomic E-state index is 12.8. The smallest absolute Gasteiger partial charge is 0.385 e. The summed E-state index contributed by atoms with van der Waals surface area (Å²) >= 11 is 0. The van der Waals surface area contributed by atoms with Crippen LogP contribution in [0.1, 0.15) is 20.8 Å². The topological polar surface area (TPSA) is 145 Å². The fourth-order valence-electron chi connectivity index (χ4n) is 3.87. The molecule has 1 aliphatic heterocycles. The summed E-state index contributed by atoms with van der Waals surface area (Å²) in [6.07, 6.45) is -4.52. The molecule has 0 radical (unpaired) electrons. The molecule has 0 aromatic carbocycles. The zero-order chi connectivity index (χ0) is 46.4. The Labute approximate surface area is 375 Å². The molecule has 0 saturated carbocycles. The zero-order valence-electron chi connectivity index (χ0n) is 34.8. The Morgan fingerprint density at radius 3 is 1.30 bits per heavy atom. The minimum atomic E-state index is -1.25. The van der Waals surface area contributed by atoms with E-state index in [-0.39, 0.29) is 46.2 Å². The lowest BCUT2D eigenvalue weighted by Crippen LogP contribution is -2.46. The van der Waals surface area contributed by atoms with E-state index in [2.05, 4.69) is 189 Å². The summed E-state index contributed by atoms with van der Waals surface area (Å²) in [4.78, 5) is 37.2. The lowest BCUT2D eigenvalue weighted by Gasteiger charge is -2.28. The number of hydrogen-bond donors (Lipinski definition) is 1. The molecule has 1 saturated heterocycles. The first-order valence-corrected chi connectivity index (χ1v) is 18.4. The number of aliphatic hydroxyl groups excluding tert-OH is 1. The molecule has 1 aliphatic rings. The molecule has 1 heterocycles. The van der Waals surface area contributed by atoms with Crippen molar-refractivity contribution in [1.29, 1.82) is 0 Å². The summed E-state index contributed by atoms with van der Waals surface area (Å²) in [7, 11) is 0. The first kappa shape index (κ1) is 53.1. The van der Waals surface area contributed by atoms with Gasteiger partial charge in [-0.25, -0.2) is 9.59 Å². The Hall–Kier alpha value is -8.87. The Morgan fingerprint density at radius 2 is 0.891 bits per heavy atom. The SMILES string of the molecule is CC#CC#CC#CC#CC#CC#CC#CC#CC(=O)OCC(OCCOCCOCCOCCO)C1OCC(OC(C)=O)C1OC(=O)C#CC#CC#CC#CC#CC#CC#CC#CC. The molecule has 314 valence electrons. The van der Waals surface area contributed by atoms with Crippen molar-refractivity contribution in [2.24, 2.45) is 0 Å². The average Bonchev–Trinajstić information content (AvgIpc) is 3.66. The summed E-state index contributed by atoms with van der Waals surface area (Å²) in [5.74, 6) is 75.7. The van der Waals surface area contributed by atoms with Crippen LogP contribution in [0, 0.1) is 189 Å². The molecule has 1 rings (SSSR count). The third-order valence-corrected chi connectivity index (χ3v) is 6.19. The van der Waals surface area contributed by atoms with Gasteiger partial charge in [-0.1, -0.05) is 11.8 Å². The second-order valence-corrected chi connectivity index (χ2v) is 10.6. The molecule has 0 aromatic heterocycles. The minimum Gasteiger partial charge on any atom is -0.456 e. The maximum atomic E-state index is 12.8. The highest BCUT2D eigenvalue weighted by atomic mass is 16.6. The van der Waals surface area contributed by atoms with E-state index in [4.69, 9.17) is 43.0 Å². The Bertz CT molecular complexity index is 2720. The predicted octanol–water partition coefficient (Wildman–Crippen LogP) is -0.707. The Kier molecular flexibility index (Phi) is 32.9. The highest BCUT2D eigenvalue weighted by Gasteiger charge is 2.47. The number of carbonyl (C=O) groups is 3. The van der Waals surface area contributed by atoms with E-state index in [1.165, 1.54) is 6.92 Å². The summed E-state index contributed by atoms with van der Waals surface area (Å²) in [6, 6.07) is 0. The molecule has 64 heavy (non-hydrogen) atoms. The molecule has 1 N–H and O–H groups in total. The van der Waals surface area contributed by atoms with Crippen LogP contribution in [0.2, 0.25) is 0 Å². The summed E-state index contributed by atoms with van der Waals surface area (Å²) in [5, 5.41) is 8.75. The third-order valence-electron chi connectivity index (χ3n) is 6.19. The van der Waals surface area contributed by atoms with Crippen molar-refractivity contribution in [3.8, 4) is 189 Å². The Balaban J connectivity index is 3.04. The number of carbonyl (C=O) groups excluding carboxylic acids is 3. The van der Waals surface area contributed by atoms with Crippen LogP contribution in [0.4, 0.5) is 0 Å². The van der Waals surface area contributed by atoms with Gasteiger partial charge in [0.05, 0.1) is 59.5 Å². The number of rotatable bonds is 17. The van der Waals surface area contributed by atoms with E-state index >= 15 is 0 Å². The molecule has 12 heteroatoms. The molecule has 0 bridgehead atoms. The van der Waals surface area contributed by atoms with Gasteiger partial charge in [0, 0.05) is 18.8 Å². The lowest BCUT2D eigenvalue weighted by atomic mass is 10.1. The van der Waals surface area contributed by atoms with Crippen LogP contribution < -0.4 is 0 Å². The third kappa shape index (κ3) is 31.1. The minimum absolute atomic E-state index is 0.0343. The van der Waals surface area contributed by atoms with Gasteiger partial charge in [-0.2, -0.15) is 0 Å². The molecule has 0 aromatic rings. The van der Waals surface area contributed by atoms with Crippen molar-refractivity contribution in [3.63, 3.8) is 0 Å². The van der Waals surface area contributed by atoms with Gasteiger partial charge in [0.15, 0.2) is 12.2 Å². The van der Waals surface area contributed by atoms with Gasteiger partial charge in [0.1, 0.15) is 18.8 Å². The molecule has 12 nitrogen and oxygen atoms in total. The van der Waals surface area contributed by atoms with Gasteiger partial charge in [-0.15, -0.1) is 0 Å². The second kappa shape index (κ2) is 39.6. The van der Waals surface area contributed by atoms with Crippen molar-refractivity contribution in [3.05, 3.63) is 0 Å². The molecular weight excluding hydrogens is 817 g/mol.